The number of rotatable bonds is 30. The van der Waals surface area contributed by atoms with Gasteiger partial charge in [0.15, 0.2) is 0 Å². The molecule has 15 aromatic rings. The summed E-state index contributed by atoms with van der Waals surface area (Å²) in [5, 5.41) is 14.5. The number of aryl methyl sites for hydroxylation is 20. The lowest BCUT2D eigenvalue weighted by atomic mass is 9.97. The SMILES string of the molecule is CCCCCCCc1ccc2c(sc3c(C)c(CCC)ccc32)c1C.CCCCCCc1ccc2c(sc3c(C)c(CCC)ccc32)c1C.CCCCCc1ccc2c(sc3c(C)c(CCC)ccc32)c1C.CCCCc1ccc2c(sc3c(C)c(CCC)ccc32)c1C.CCCc1ccc2c(sc3c(C)c(CCC)ccc32)c1C. The topological polar surface area (TPSA) is 0 Å². The van der Waals surface area contributed by atoms with Crippen LogP contribution in [0.25, 0.3) is 101 Å². The molecule has 0 saturated heterocycles. The van der Waals surface area contributed by atoms with Crippen molar-refractivity contribution in [3.8, 4) is 0 Å². The van der Waals surface area contributed by atoms with Crippen LogP contribution in [-0.2, 0) is 64.2 Å². The highest BCUT2D eigenvalue weighted by Crippen LogP contribution is 2.46. The number of fused-ring (bicyclic) bond motifs is 15. The fraction of sp³-hybridized carbons (Fsp3) is 0.455. The molecule has 0 saturated carbocycles. The van der Waals surface area contributed by atoms with E-state index in [1.807, 2.05) is 56.7 Å². The van der Waals surface area contributed by atoms with Crippen molar-refractivity contribution in [1.29, 1.82) is 0 Å². The first-order valence-corrected chi connectivity index (χ1v) is 49.6. The number of hydrogen-bond acceptors (Lipinski definition) is 5. The summed E-state index contributed by atoms with van der Waals surface area (Å²) in [5.41, 5.74) is 30.3. The van der Waals surface area contributed by atoms with Gasteiger partial charge in [0.2, 0.25) is 0 Å². The Morgan fingerprint density at radius 1 is 0.139 bits per heavy atom. The van der Waals surface area contributed by atoms with Crippen molar-refractivity contribution in [2.75, 3.05) is 0 Å². The van der Waals surface area contributed by atoms with Crippen molar-refractivity contribution in [2.24, 2.45) is 0 Å². The third-order valence-electron chi connectivity index (χ3n) is 25.5. The van der Waals surface area contributed by atoms with Crippen molar-refractivity contribution in [1.82, 2.24) is 0 Å². The first kappa shape index (κ1) is 89.1. The minimum Gasteiger partial charge on any atom is -0.135 e. The van der Waals surface area contributed by atoms with Gasteiger partial charge in [-0.3, -0.25) is 0 Å². The summed E-state index contributed by atoms with van der Waals surface area (Å²) in [7, 11) is 0. The van der Waals surface area contributed by atoms with Crippen molar-refractivity contribution >= 4 is 158 Å². The zero-order chi connectivity index (χ0) is 82.0. The van der Waals surface area contributed by atoms with E-state index in [9.17, 15) is 0 Å². The molecular formula is C110H140S5. The van der Waals surface area contributed by atoms with Gasteiger partial charge in [-0.05, 0) is 270 Å². The third-order valence-corrected chi connectivity index (χ3v) is 32.8. The first-order valence-electron chi connectivity index (χ1n) is 45.5. The summed E-state index contributed by atoms with van der Waals surface area (Å²) in [6.07, 6.45) is 38.0. The fourth-order valence-corrected chi connectivity index (χ4v) is 24.9. The maximum atomic E-state index is 2.39. The molecule has 610 valence electrons. The Morgan fingerprint density at radius 2 is 0.270 bits per heavy atom. The highest BCUT2D eigenvalue weighted by molar-refractivity contribution is 7.28. The van der Waals surface area contributed by atoms with Gasteiger partial charge in [-0.15, -0.1) is 56.7 Å². The predicted octanol–water partition coefficient (Wildman–Crippen LogP) is 36.8. The Bertz CT molecular complexity index is 5690. The minimum atomic E-state index is 1.19. The Hall–Kier alpha value is -6.70. The molecule has 0 atom stereocenters. The summed E-state index contributed by atoms with van der Waals surface area (Å²) >= 11 is 10.0. The molecule has 0 nitrogen and oxygen atoms in total. The smallest absolute Gasteiger partial charge is 0.0387 e. The van der Waals surface area contributed by atoms with Gasteiger partial charge in [0.1, 0.15) is 0 Å². The summed E-state index contributed by atoms with van der Waals surface area (Å²) in [6, 6.07) is 47.1. The number of benzene rings is 10. The minimum absolute atomic E-state index is 1.19. The van der Waals surface area contributed by atoms with Crippen LogP contribution in [-0.4, -0.2) is 0 Å². The number of hydrogen-bond donors (Lipinski definition) is 0. The van der Waals surface area contributed by atoms with Crippen LogP contribution in [0.3, 0.4) is 0 Å². The Labute approximate surface area is 715 Å². The van der Waals surface area contributed by atoms with E-state index in [0.29, 0.717) is 0 Å². The molecule has 5 aromatic heterocycles. The molecule has 0 aliphatic rings. The lowest BCUT2D eigenvalue weighted by molar-refractivity contribution is 0.632. The third kappa shape index (κ3) is 20.1. The predicted molar refractivity (Wildman–Crippen MR) is 530 cm³/mol. The largest absolute Gasteiger partial charge is 0.135 e. The normalized spacial score (nSPS) is 11.7. The van der Waals surface area contributed by atoms with Gasteiger partial charge in [-0.2, -0.15) is 0 Å². The maximum absolute atomic E-state index is 2.39. The molecule has 0 bridgehead atoms. The molecule has 0 radical (unpaired) electrons. The van der Waals surface area contributed by atoms with Crippen molar-refractivity contribution in [3.63, 3.8) is 0 Å². The summed E-state index contributed by atoms with van der Waals surface area (Å²) in [5.74, 6) is 0. The van der Waals surface area contributed by atoms with Crippen LogP contribution in [0.2, 0.25) is 0 Å². The summed E-state index contributed by atoms with van der Waals surface area (Å²) in [6.45, 7) is 45.8. The molecule has 0 aliphatic heterocycles. The molecule has 15 rings (SSSR count). The van der Waals surface area contributed by atoms with Crippen LogP contribution in [0.5, 0.6) is 0 Å². The number of unbranched alkanes of at least 4 members (excludes halogenated alkanes) is 10. The highest BCUT2D eigenvalue weighted by Gasteiger charge is 2.20. The van der Waals surface area contributed by atoms with E-state index in [4.69, 9.17) is 0 Å². The average molecular weight is 1620 g/mol. The molecule has 0 aliphatic carbocycles. The Kier molecular flexibility index (Phi) is 33.2. The van der Waals surface area contributed by atoms with Gasteiger partial charge in [0.05, 0.1) is 0 Å². The zero-order valence-electron chi connectivity index (χ0n) is 74.8. The molecule has 0 N–H and O–H groups in total. The molecule has 0 fully saturated rings. The quantitative estimate of drug-likeness (QED) is 0.0394. The van der Waals surface area contributed by atoms with E-state index >= 15 is 0 Å². The summed E-state index contributed by atoms with van der Waals surface area (Å²) < 4.78 is 15.0. The second kappa shape index (κ2) is 42.8. The van der Waals surface area contributed by atoms with E-state index in [2.05, 4.69) is 260 Å². The molecule has 0 unspecified atom stereocenters. The van der Waals surface area contributed by atoms with Crippen LogP contribution in [0.4, 0.5) is 0 Å². The van der Waals surface area contributed by atoms with Crippen molar-refractivity contribution in [3.05, 3.63) is 233 Å². The van der Waals surface area contributed by atoms with Gasteiger partial charge < -0.3 is 0 Å². The highest BCUT2D eigenvalue weighted by atomic mass is 32.1. The standard InChI is InChI=1S/C24H32S.C23H30S.C22H28S.C21H26S.C20H24S/c1-5-7-8-9-10-12-20-14-16-22-21-15-13-19(11-6-2)17(3)23(21)25-24(22)18(20)4;1-5-7-8-9-11-19-13-15-21-20-14-12-18(10-6-2)16(3)22(20)24-23(21)17(19)4;1-5-7-8-10-18-12-14-20-19-13-11-17(9-6-2)15(3)21(19)23-22(20)16(18)4;1-5-7-9-17-11-13-19-18-12-10-16(8-6-2)14(3)20(18)22-21(19)15(17)4;1-5-7-15-9-11-17-18-12-10-16(8-6-2)14(4)20(18)21-19(17)13(15)3/h13-16H,5-12H2,1-4H3;12-15H,5-11H2,1-4H3;11-14H,5-10H2,1-4H3;10-13H,5-9H2,1-4H3;9-12H,5-8H2,1-4H3. The lowest BCUT2D eigenvalue weighted by Gasteiger charge is -2.07. The van der Waals surface area contributed by atoms with Crippen molar-refractivity contribution < 1.29 is 0 Å². The fourth-order valence-electron chi connectivity index (χ4n) is 18.2. The lowest BCUT2D eigenvalue weighted by Crippen LogP contribution is -1.90. The number of thiophene rings is 5. The van der Waals surface area contributed by atoms with Crippen LogP contribution in [0.1, 0.15) is 309 Å². The maximum Gasteiger partial charge on any atom is 0.0387 e. The Balaban J connectivity index is 0.000000142. The molecule has 115 heavy (non-hydrogen) atoms. The van der Waals surface area contributed by atoms with Crippen LogP contribution >= 0.6 is 56.7 Å². The van der Waals surface area contributed by atoms with Crippen LogP contribution in [0, 0.1) is 69.2 Å². The average Bonchev–Trinajstić information content (AvgIpc) is 1.64. The first-order chi connectivity index (χ1) is 55.8. The molecule has 5 heteroatoms. The second-order valence-corrected chi connectivity index (χ2v) is 38.9. The van der Waals surface area contributed by atoms with Crippen LogP contribution < -0.4 is 0 Å². The summed E-state index contributed by atoms with van der Waals surface area (Å²) in [4.78, 5) is 0. The van der Waals surface area contributed by atoms with E-state index < -0.39 is 0 Å². The van der Waals surface area contributed by atoms with Gasteiger partial charge in [-0.1, -0.05) is 293 Å². The molecular weight excluding hydrogens is 1480 g/mol. The van der Waals surface area contributed by atoms with E-state index in [0.717, 1.165) is 0 Å². The van der Waals surface area contributed by atoms with Gasteiger partial charge >= 0.3 is 0 Å². The second-order valence-electron chi connectivity index (χ2n) is 33.8. The van der Waals surface area contributed by atoms with Gasteiger partial charge in [-0.25, -0.2) is 0 Å². The molecule has 0 spiro atoms. The van der Waals surface area contributed by atoms with E-state index in [-0.39, 0.29) is 0 Å². The van der Waals surface area contributed by atoms with E-state index in [1.54, 1.807) is 16.7 Å². The molecule has 5 heterocycles. The van der Waals surface area contributed by atoms with Crippen molar-refractivity contribution in [2.45, 2.75) is 331 Å². The monoisotopic (exact) mass is 1620 g/mol. The van der Waals surface area contributed by atoms with Gasteiger partial charge in [0, 0.05) is 101 Å². The van der Waals surface area contributed by atoms with Crippen LogP contribution in [0.15, 0.2) is 121 Å². The van der Waals surface area contributed by atoms with E-state index in [1.165, 1.54) is 388 Å². The Morgan fingerprint density at radius 3 is 0.435 bits per heavy atom. The molecule has 10 aromatic carbocycles. The molecule has 0 amide bonds. The zero-order valence-corrected chi connectivity index (χ0v) is 78.9. The van der Waals surface area contributed by atoms with Gasteiger partial charge in [0.25, 0.3) is 0 Å².